The summed E-state index contributed by atoms with van der Waals surface area (Å²) in [6.07, 6.45) is 0. The minimum atomic E-state index is 0.0726. The maximum atomic E-state index is 11.3. The summed E-state index contributed by atoms with van der Waals surface area (Å²) in [6, 6.07) is 4.87. The van der Waals surface area contributed by atoms with Gasteiger partial charge in [0.05, 0.1) is 6.54 Å². The van der Waals surface area contributed by atoms with Crippen molar-refractivity contribution in [2.24, 2.45) is 0 Å². The van der Waals surface area contributed by atoms with Crippen LogP contribution in [0.3, 0.4) is 0 Å². The van der Waals surface area contributed by atoms with Crippen LogP contribution in [0.15, 0.2) is 18.2 Å². The van der Waals surface area contributed by atoms with Crippen molar-refractivity contribution in [3.63, 3.8) is 0 Å². The van der Waals surface area contributed by atoms with E-state index in [9.17, 15) is 4.79 Å². The Morgan fingerprint density at radius 1 is 1.50 bits per heavy atom. The first-order valence-electron chi connectivity index (χ1n) is 3.76. The van der Waals surface area contributed by atoms with Gasteiger partial charge in [0.15, 0.2) is 5.78 Å². The first-order valence-corrected chi connectivity index (χ1v) is 3.76. The Morgan fingerprint density at radius 3 is 3.00 bits per heavy atom. The van der Waals surface area contributed by atoms with Gasteiger partial charge in [0.25, 0.3) is 0 Å². The number of fused-ring (bicyclic) bond motifs is 1. The third kappa shape index (κ3) is 0.863. The van der Waals surface area contributed by atoms with Crippen LogP contribution < -0.4 is 4.90 Å². The monoisotopic (exact) mass is 163 g/mol. The van der Waals surface area contributed by atoms with Crippen molar-refractivity contribution in [1.82, 2.24) is 0 Å². The highest BCUT2D eigenvalue weighted by Crippen LogP contribution is 2.29. The lowest BCUT2D eigenvalue weighted by Gasteiger charge is -2.09. The summed E-state index contributed by atoms with van der Waals surface area (Å²) in [5.41, 5.74) is 1.52. The lowest BCUT2D eigenvalue weighted by atomic mass is 10.1. The molecule has 2 rings (SSSR count). The van der Waals surface area contributed by atoms with Gasteiger partial charge in [-0.15, -0.1) is 0 Å². The van der Waals surface area contributed by atoms with Crippen LogP contribution in [0.2, 0.25) is 0 Å². The highest BCUT2D eigenvalue weighted by atomic mass is 16.3. The number of anilines is 1. The second-order valence-electron chi connectivity index (χ2n) is 2.98. The van der Waals surface area contributed by atoms with E-state index in [4.69, 9.17) is 5.11 Å². The molecule has 0 radical (unpaired) electrons. The topological polar surface area (TPSA) is 40.5 Å². The average Bonchev–Trinajstić information content (AvgIpc) is 2.28. The lowest BCUT2D eigenvalue weighted by Crippen LogP contribution is -2.15. The van der Waals surface area contributed by atoms with Crippen LogP contribution in [-0.4, -0.2) is 24.5 Å². The number of phenolic OH excluding ortho intramolecular Hbond substituents is 1. The number of Topliss-reactive ketones (excluding diaryl/α,β-unsaturated/α-hetero) is 1. The Kier molecular flexibility index (Phi) is 1.33. The van der Waals surface area contributed by atoms with Crippen molar-refractivity contribution in [2.75, 3.05) is 18.5 Å². The van der Waals surface area contributed by atoms with Crippen LogP contribution in [0, 0.1) is 0 Å². The minimum Gasteiger partial charge on any atom is -0.508 e. The van der Waals surface area contributed by atoms with Gasteiger partial charge in [0.1, 0.15) is 5.75 Å². The second-order valence-corrected chi connectivity index (χ2v) is 2.98. The normalized spacial score (nSPS) is 15.1. The van der Waals surface area contributed by atoms with E-state index in [0.29, 0.717) is 12.1 Å². The molecule has 62 valence electrons. The molecule has 0 unspecified atom stereocenters. The Labute approximate surface area is 70.2 Å². The van der Waals surface area contributed by atoms with Gasteiger partial charge in [-0.1, -0.05) is 0 Å². The van der Waals surface area contributed by atoms with Gasteiger partial charge in [0, 0.05) is 18.3 Å². The molecule has 3 nitrogen and oxygen atoms in total. The molecule has 0 amide bonds. The molecule has 3 heteroatoms. The summed E-state index contributed by atoms with van der Waals surface area (Å²) in [4.78, 5) is 13.1. The molecule has 1 heterocycles. The zero-order valence-corrected chi connectivity index (χ0v) is 6.74. The van der Waals surface area contributed by atoms with E-state index in [-0.39, 0.29) is 11.5 Å². The molecule has 0 fully saturated rings. The molecule has 0 aliphatic carbocycles. The van der Waals surface area contributed by atoms with Gasteiger partial charge in [0.2, 0.25) is 0 Å². The van der Waals surface area contributed by atoms with E-state index >= 15 is 0 Å². The van der Waals surface area contributed by atoms with Gasteiger partial charge in [-0.2, -0.15) is 0 Å². The van der Waals surface area contributed by atoms with Crippen molar-refractivity contribution in [1.29, 1.82) is 0 Å². The molecule has 1 aromatic carbocycles. The molecule has 0 saturated carbocycles. The molecule has 0 bridgehead atoms. The van der Waals surface area contributed by atoms with E-state index in [1.54, 1.807) is 12.1 Å². The Balaban J connectivity index is 2.60. The van der Waals surface area contributed by atoms with Crippen LogP contribution in [0.1, 0.15) is 10.4 Å². The summed E-state index contributed by atoms with van der Waals surface area (Å²) >= 11 is 0. The maximum Gasteiger partial charge on any atom is 0.184 e. The van der Waals surface area contributed by atoms with E-state index < -0.39 is 0 Å². The lowest BCUT2D eigenvalue weighted by molar-refractivity contribution is 0.101. The third-order valence-electron chi connectivity index (χ3n) is 2.07. The first kappa shape index (κ1) is 7.16. The van der Waals surface area contributed by atoms with Crippen LogP contribution in [-0.2, 0) is 0 Å². The molecular weight excluding hydrogens is 154 g/mol. The zero-order chi connectivity index (χ0) is 8.72. The number of benzene rings is 1. The van der Waals surface area contributed by atoms with Gasteiger partial charge in [-0.25, -0.2) is 0 Å². The summed E-state index contributed by atoms with van der Waals surface area (Å²) in [5, 5.41) is 9.13. The molecule has 1 N–H and O–H groups in total. The summed E-state index contributed by atoms with van der Waals surface area (Å²) in [7, 11) is 1.86. The van der Waals surface area contributed by atoms with Gasteiger partial charge in [-0.05, 0) is 18.2 Å². The Bertz CT molecular complexity index is 346. The molecule has 1 aliphatic heterocycles. The quantitative estimate of drug-likeness (QED) is 0.620. The molecule has 1 aliphatic rings. The second kappa shape index (κ2) is 2.24. The van der Waals surface area contributed by atoms with Crippen LogP contribution in [0.4, 0.5) is 5.69 Å². The third-order valence-corrected chi connectivity index (χ3v) is 2.07. The number of hydrogen-bond acceptors (Lipinski definition) is 3. The largest absolute Gasteiger partial charge is 0.508 e. The number of carbonyl (C=O) groups is 1. The van der Waals surface area contributed by atoms with E-state index in [1.165, 1.54) is 6.07 Å². The van der Waals surface area contributed by atoms with Crippen LogP contribution >= 0.6 is 0 Å². The Morgan fingerprint density at radius 2 is 2.25 bits per heavy atom. The van der Waals surface area contributed by atoms with E-state index in [2.05, 4.69) is 0 Å². The van der Waals surface area contributed by atoms with Gasteiger partial charge >= 0.3 is 0 Å². The molecule has 0 spiro atoms. The summed E-state index contributed by atoms with van der Waals surface area (Å²) in [6.45, 7) is 0.415. The molecule has 0 atom stereocenters. The average molecular weight is 163 g/mol. The summed E-state index contributed by atoms with van der Waals surface area (Å²) < 4.78 is 0. The number of hydrogen-bond donors (Lipinski definition) is 1. The first-order chi connectivity index (χ1) is 5.68. The zero-order valence-electron chi connectivity index (χ0n) is 6.74. The predicted molar refractivity (Wildman–Crippen MR) is 45.7 cm³/mol. The Hall–Kier alpha value is -1.51. The molecule has 12 heavy (non-hydrogen) atoms. The number of aromatic hydroxyl groups is 1. The van der Waals surface area contributed by atoms with Crippen molar-refractivity contribution in [3.05, 3.63) is 23.8 Å². The molecule has 1 aromatic rings. The van der Waals surface area contributed by atoms with E-state index in [0.717, 1.165) is 5.69 Å². The summed E-state index contributed by atoms with van der Waals surface area (Å²) in [5.74, 6) is 0.223. The highest BCUT2D eigenvalue weighted by molar-refractivity contribution is 6.08. The highest BCUT2D eigenvalue weighted by Gasteiger charge is 2.23. The molecular formula is C9H9NO2. The molecule has 0 saturated heterocycles. The standard InChI is InChI=1S/C9H9NO2/c1-10-5-9(12)7-4-6(11)2-3-8(7)10/h2-4,11H,5H2,1H3. The predicted octanol–water partition coefficient (Wildman–Crippen LogP) is 1.02. The number of carbonyl (C=O) groups excluding carboxylic acids is 1. The van der Waals surface area contributed by atoms with Gasteiger partial charge in [-0.3, -0.25) is 4.79 Å². The fourth-order valence-electron chi connectivity index (χ4n) is 1.47. The fraction of sp³-hybridized carbons (Fsp3) is 0.222. The molecule has 0 aromatic heterocycles. The minimum absolute atomic E-state index is 0.0726. The fourth-order valence-corrected chi connectivity index (χ4v) is 1.47. The van der Waals surface area contributed by atoms with Gasteiger partial charge < -0.3 is 10.0 Å². The number of ketones is 1. The number of rotatable bonds is 0. The smallest absolute Gasteiger partial charge is 0.184 e. The van der Waals surface area contributed by atoms with Crippen molar-refractivity contribution >= 4 is 11.5 Å². The van der Waals surface area contributed by atoms with Crippen LogP contribution in [0.25, 0.3) is 0 Å². The number of phenols is 1. The van der Waals surface area contributed by atoms with Crippen LogP contribution in [0.5, 0.6) is 5.75 Å². The van der Waals surface area contributed by atoms with E-state index in [1.807, 2.05) is 11.9 Å². The number of nitrogens with zero attached hydrogens (tertiary/aromatic N) is 1. The van der Waals surface area contributed by atoms with Crippen molar-refractivity contribution < 1.29 is 9.90 Å². The van der Waals surface area contributed by atoms with Crippen molar-refractivity contribution in [3.8, 4) is 5.75 Å². The number of likely N-dealkylation sites (N-methyl/N-ethyl adjacent to an activating group) is 1. The SMILES string of the molecule is CN1CC(=O)c2cc(O)ccc21. The maximum absolute atomic E-state index is 11.3. The van der Waals surface area contributed by atoms with Crippen molar-refractivity contribution in [2.45, 2.75) is 0 Å².